The number of rotatable bonds is 3. The van der Waals surface area contributed by atoms with Gasteiger partial charge in [0, 0.05) is 6.20 Å². The number of carbonyl (C=O) groups is 1. The van der Waals surface area contributed by atoms with Gasteiger partial charge in [0.25, 0.3) is 0 Å². The van der Waals surface area contributed by atoms with E-state index in [1.807, 2.05) is 6.07 Å². The summed E-state index contributed by atoms with van der Waals surface area (Å²) in [4.78, 5) is 11.8. The number of carbonyl (C=O) groups excluding carboxylic acids is 1. The van der Waals surface area contributed by atoms with Crippen LogP contribution in [0.15, 0.2) is 36.5 Å². The number of nitrogens with two attached hydrogens (primary N) is 1. The zero-order valence-corrected chi connectivity index (χ0v) is 9.93. The van der Waals surface area contributed by atoms with Crippen LogP contribution in [0.5, 0.6) is 0 Å². The van der Waals surface area contributed by atoms with Crippen LogP contribution in [0.3, 0.4) is 0 Å². The molecular weight excluding hydrogens is 247 g/mol. The van der Waals surface area contributed by atoms with E-state index >= 15 is 0 Å². The van der Waals surface area contributed by atoms with Crippen molar-refractivity contribution in [3.63, 3.8) is 0 Å². The molecule has 0 radical (unpaired) electrons. The molecule has 0 saturated carbocycles. The molecule has 19 heavy (non-hydrogen) atoms. The molecule has 1 amide bonds. The number of nitrogen functional groups attached to an aromatic ring is 1. The van der Waals surface area contributed by atoms with E-state index in [1.165, 1.54) is 16.7 Å². The van der Waals surface area contributed by atoms with Crippen LogP contribution in [0.4, 0.5) is 15.8 Å². The molecule has 96 valence electrons. The Balaban J connectivity index is 2.10. The predicted molar refractivity (Wildman–Crippen MR) is 68.6 cm³/mol. The molecule has 0 bridgehead atoms. The molecule has 1 aromatic carbocycles. The Morgan fingerprint density at radius 2 is 2.26 bits per heavy atom. The molecule has 3 N–H and O–H groups in total. The summed E-state index contributed by atoms with van der Waals surface area (Å²) in [5.41, 5.74) is 6.50. The third-order valence-corrected chi connectivity index (χ3v) is 2.55. The zero-order valence-electron chi connectivity index (χ0n) is 9.93. The Bertz CT molecular complexity index is 657. The maximum atomic E-state index is 13.0. The van der Waals surface area contributed by atoms with E-state index in [1.54, 1.807) is 18.3 Å². The highest BCUT2D eigenvalue weighted by molar-refractivity contribution is 5.93. The third-order valence-electron chi connectivity index (χ3n) is 2.55. The molecule has 0 unspecified atom stereocenters. The molecule has 0 aliphatic heterocycles. The molecule has 6 heteroatoms. The molecule has 0 aliphatic rings. The lowest BCUT2D eigenvalue weighted by molar-refractivity contribution is -0.116. The number of benzene rings is 1. The van der Waals surface area contributed by atoms with Gasteiger partial charge in [0.05, 0.1) is 11.4 Å². The van der Waals surface area contributed by atoms with Crippen LogP contribution in [0.2, 0.25) is 0 Å². The molecule has 0 aliphatic carbocycles. The van der Waals surface area contributed by atoms with E-state index in [4.69, 9.17) is 11.0 Å². The summed E-state index contributed by atoms with van der Waals surface area (Å²) in [6, 6.07) is 8.97. The van der Waals surface area contributed by atoms with Gasteiger partial charge in [-0.25, -0.2) is 4.39 Å². The summed E-state index contributed by atoms with van der Waals surface area (Å²) < 4.78 is 14.5. The van der Waals surface area contributed by atoms with Crippen molar-refractivity contribution in [2.24, 2.45) is 0 Å². The van der Waals surface area contributed by atoms with Gasteiger partial charge in [0.2, 0.25) is 5.91 Å². The monoisotopic (exact) mass is 258 g/mol. The van der Waals surface area contributed by atoms with Crippen molar-refractivity contribution in [1.29, 1.82) is 5.26 Å². The molecule has 0 saturated heterocycles. The third kappa shape index (κ3) is 2.90. The minimum atomic E-state index is -0.483. The van der Waals surface area contributed by atoms with Crippen LogP contribution < -0.4 is 11.1 Å². The quantitative estimate of drug-likeness (QED) is 0.822. The fraction of sp³-hybridized carbons (Fsp3) is 0.0769. The van der Waals surface area contributed by atoms with Gasteiger partial charge in [0.15, 0.2) is 0 Å². The summed E-state index contributed by atoms with van der Waals surface area (Å²) in [5, 5.41) is 11.3. The van der Waals surface area contributed by atoms with Crippen molar-refractivity contribution in [3.05, 3.63) is 48.0 Å². The lowest BCUT2D eigenvalue weighted by Gasteiger charge is -2.09. The SMILES string of the molecule is N#Cc1cccn1CC(=O)Nc1cc(F)ccc1N. The van der Waals surface area contributed by atoms with Crippen molar-refractivity contribution in [2.45, 2.75) is 6.54 Å². The lowest BCUT2D eigenvalue weighted by Crippen LogP contribution is -2.19. The minimum Gasteiger partial charge on any atom is -0.397 e. The highest BCUT2D eigenvalue weighted by atomic mass is 19.1. The lowest BCUT2D eigenvalue weighted by atomic mass is 10.2. The first-order chi connectivity index (χ1) is 9.10. The van der Waals surface area contributed by atoms with Crippen LogP contribution in [0.25, 0.3) is 0 Å². The van der Waals surface area contributed by atoms with Crippen molar-refractivity contribution < 1.29 is 9.18 Å². The predicted octanol–water partition coefficient (Wildman–Crippen LogP) is 1.72. The summed E-state index contributed by atoms with van der Waals surface area (Å²) in [6.07, 6.45) is 1.62. The Morgan fingerprint density at radius 3 is 3.00 bits per heavy atom. The molecular formula is C13H11FN4O. The van der Waals surface area contributed by atoms with E-state index in [0.29, 0.717) is 5.69 Å². The second-order valence-electron chi connectivity index (χ2n) is 3.91. The first-order valence-corrected chi connectivity index (χ1v) is 5.50. The standard InChI is InChI=1S/C13H11FN4O/c14-9-3-4-11(16)12(6-9)17-13(19)8-18-5-1-2-10(18)7-15/h1-6H,8,16H2,(H,17,19). The van der Waals surface area contributed by atoms with E-state index in [0.717, 1.165) is 6.07 Å². The highest BCUT2D eigenvalue weighted by Crippen LogP contribution is 2.19. The highest BCUT2D eigenvalue weighted by Gasteiger charge is 2.09. The maximum Gasteiger partial charge on any atom is 0.244 e. The number of hydrogen-bond donors (Lipinski definition) is 2. The molecule has 2 aromatic rings. The van der Waals surface area contributed by atoms with Gasteiger partial charge in [-0.05, 0) is 30.3 Å². The van der Waals surface area contributed by atoms with E-state index in [-0.39, 0.29) is 23.8 Å². The molecule has 5 nitrogen and oxygen atoms in total. The van der Waals surface area contributed by atoms with Gasteiger partial charge < -0.3 is 15.6 Å². The van der Waals surface area contributed by atoms with Crippen LogP contribution in [-0.4, -0.2) is 10.5 Å². The average Bonchev–Trinajstić information content (AvgIpc) is 2.81. The largest absolute Gasteiger partial charge is 0.397 e. The first-order valence-electron chi connectivity index (χ1n) is 5.50. The topological polar surface area (TPSA) is 83.8 Å². The minimum absolute atomic E-state index is 0.0359. The number of nitrogens with zero attached hydrogens (tertiary/aromatic N) is 2. The number of nitrogens with one attached hydrogen (secondary N) is 1. The van der Waals surface area contributed by atoms with Crippen LogP contribution in [0, 0.1) is 17.1 Å². The molecule has 2 rings (SSSR count). The Kier molecular flexibility index (Phi) is 3.48. The number of nitriles is 1. The normalized spacial score (nSPS) is 9.89. The number of aromatic nitrogens is 1. The van der Waals surface area contributed by atoms with Gasteiger partial charge in [-0.15, -0.1) is 0 Å². The smallest absolute Gasteiger partial charge is 0.244 e. The Morgan fingerprint density at radius 1 is 1.47 bits per heavy atom. The van der Waals surface area contributed by atoms with Gasteiger partial charge in [-0.1, -0.05) is 0 Å². The van der Waals surface area contributed by atoms with E-state index < -0.39 is 5.82 Å². The summed E-state index contributed by atoms with van der Waals surface area (Å²) in [6.45, 7) is -0.0359. The fourth-order valence-corrected chi connectivity index (χ4v) is 1.63. The van der Waals surface area contributed by atoms with Gasteiger partial charge in [-0.2, -0.15) is 5.26 Å². The van der Waals surface area contributed by atoms with Crippen molar-refractivity contribution in [2.75, 3.05) is 11.1 Å². The fourth-order valence-electron chi connectivity index (χ4n) is 1.63. The summed E-state index contributed by atoms with van der Waals surface area (Å²) in [7, 11) is 0. The van der Waals surface area contributed by atoms with Crippen LogP contribution in [0.1, 0.15) is 5.69 Å². The van der Waals surface area contributed by atoms with Crippen LogP contribution >= 0.6 is 0 Å². The number of amides is 1. The van der Waals surface area contributed by atoms with Gasteiger partial charge in [0.1, 0.15) is 24.1 Å². The number of hydrogen-bond acceptors (Lipinski definition) is 3. The second-order valence-corrected chi connectivity index (χ2v) is 3.91. The molecule has 1 aromatic heterocycles. The molecule has 0 atom stereocenters. The summed E-state index contributed by atoms with van der Waals surface area (Å²) >= 11 is 0. The number of anilines is 2. The Labute approximate surface area is 109 Å². The average molecular weight is 258 g/mol. The molecule has 0 fully saturated rings. The van der Waals surface area contributed by atoms with E-state index in [9.17, 15) is 9.18 Å². The molecule has 1 heterocycles. The van der Waals surface area contributed by atoms with Crippen molar-refractivity contribution in [1.82, 2.24) is 4.57 Å². The zero-order chi connectivity index (χ0) is 13.8. The maximum absolute atomic E-state index is 13.0. The van der Waals surface area contributed by atoms with E-state index in [2.05, 4.69) is 5.32 Å². The van der Waals surface area contributed by atoms with Crippen molar-refractivity contribution >= 4 is 17.3 Å². The second kappa shape index (κ2) is 5.23. The molecule has 0 spiro atoms. The number of halogens is 1. The van der Waals surface area contributed by atoms with Gasteiger partial charge >= 0.3 is 0 Å². The van der Waals surface area contributed by atoms with Crippen LogP contribution in [-0.2, 0) is 11.3 Å². The summed E-state index contributed by atoms with van der Waals surface area (Å²) in [5.74, 6) is -0.867. The first kappa shape index (κ1) is 12.6. The van der Waals surface area contributed by atoms with Crippen molar-refractivity contribution in [3.8, 4) is 6.07 Å². The Hall–Kier alpha value is -2.81. The van der Waals surface area contributed by atoms with Gasteiger partial charge in [-0.3, -0.25) is 4.79 Å².